The maximum atomic E-state index is 13.2. The number of anilines is 1. The molecule has 1 fully saturated rings. The Kier molecular flexibility index (Phi) is 4.47. The van der Waals surface area contributed by atoms with Crippen LogP contribution in [0, 0.1) is 17.3 Å². The Balaban J connectivity index is 1.64. The first kappa shape index (κ1) is 17.0. The molecule has 0 atom stereocenters. The minimum absolute atomic E-state index is 0.103. The predicted octanol–water partition coefficient (Wildman–Crippen LogP) is 3.84. The monoisotopic (exact) mass is 364 g/mol. The van der Waals surface area contributed by atoms with Crippen LogP contribution in [0.3, 0.4) is 0 Å². The Labute approximate surface area is 155 Å². The van der Waals surface area contributed by atoms with Gasteiger partial charge in [0.25, 0.3) is 5.88 Å². The molecule has 1 saturated heterocycles. The molecule has 0 aliphatic carbocycles. The number of aromatic nitrogens is 2. The number of hydrogen-bond acceptors (Lipinski definition) is 6. The Hall–Kier alpha value is -3.40. The van der Waals surface area contributed by atoms with E-state index in [2.05, 4.69) is 21.1 Å². The molecule has 1 aliphatic rings. The zero-order chi connectivity index (χ0) is 18.8. The first-order valence-corrected chi connectivity index (χ1v) is 8.71. The lowest BCUT2D eigenvalue weighted by Crippen LogP contribution is -2.33. The van der Waals surface area contributed by atoms with E-state index in [1.807, 2.05) is 12.1 Å². The Morgan fingerprint density at radius 3 is 2.67 bits per heavy atom. The van der Waals surface area contributed by atoms with Gasteiger partial charge in [0, 0.05) is 42.4 Å². The van der Waals surface area contributed by atoms with E-state index in [0.29, 0.717) is 11.3 Å². The molecule has 27 heavy (non-hydrogen) atoms. The van der Waals surface area contributed by atoms with Crippen LogP contribution in [0.1, 0.15) is 30.1 Å². The second-order valence-electron chi connectivity index (χ2n) is 6.53. The zero-order valence-corrected chi connectivity index (χ0v) is 14.5. The number of nitrogens with zero attached hydrogens (tertiary/aromatic N) is 4. The first-order chi connectivity index (χ1) is 13.2. The molecule has 0 bridgehead atoms. The van der Waals surface area contributed by atoms with Crippen molar-refractivity contribution in [2.24, 2.45) is 0 Å². The molecule has 1 aliphatic heterocycles. The summed E-state index contributed by atoms with van der Waals surface area (Å²) in [5.41, 5.74) is 3.04. The van der Waals surface area contributed by atoms with E-state index in [-0.39, 0.29) is 11.8 Å². The highest BCUT2D eigenvalue weighted by atomic mass is 19.1. The Morgan fingerprint density at radius 2 is 2.04 bits per heavy atom. The van der Waals surface area contributed by atoms with Crippen molar-refractivity contribution >= 4 is 5.69 Å². The summed E-state index contributed by atoms with van der Waals surface area (Å²) in [6.45, 7) is 1.46. The molecule has 3 aromatic rings. The molecule has 4 rings (SSSR count). The number of piperidine rings is 1. The molecular formula is C20H17FN4O2. The number of benzene rings is 1. The van der Waals surface area contributed by atoms with E-state index in [4.69, 9.17) is 4.52 Å². The van der Waals surface area contributed by atoms with Gasteiger partial charge in [0.05, 0.1) is 11.3 Å². The van der Waals surface area contributed by atoms with Crippen molar-refractivity contribution in [3.8, 4) is 23.1 Å². The van der Waals surface area contributed by atoms with Gasteiger partial charge in [-0.15, -0.1) is 0 Å². The van der Waals surface area contributed by atoms with Crippen LogP contribution in [-0.2, 0) is 0 Å². The van der Waals surface area contributed by atoms with Crippen molar-refractivity contribution in [2.75, 3.05) is 18.0 Å². The number of nitriles is 1. The summed E-state index contributed by atoms with van der Waals surface area (Å²) in [6.07, 6.45) is 3.12. The fraction of sp³-hybridized carbons (Fsp3) is 0.250. The van der Waals surface area contributed by atoms with Gasteiger partial charge in [-0.2, -0.15) is 9.65 Å². The fourth-order valence-electron chi connectivity index (χ4n) is 3.60. The summed E-state index contributed by atoms with van der Waals surface area (Å²) < 4.78 is 18.4. The lowest BCUT2D eigenvalue weighted by atomic mass is 9.92. The minimum atomic E-state index is -0.534. The van der Waals surface area contributed by atoms with Crippen LogP contribution in [-0.4, -0.2) is 28.3 Å². The number of rotatable bonds is 3. The quantitative estimate of drug-likeness (QED) is 0.711. The molecule has 1 aromatic carbocycles. The average molecular weight is 364 g/mol. The number of para-hydroxylation sites is 1. The van der Waals surface area contributed by atoms with Gasteiger partial charge in [-0.05, 0) is 36.2 Å². The SMILES string of the molecule is N#Cc1cccc(-c2ccc(F)nc2)c1N1CCC(c2cc(O)no2)CC1. The minimum Gasteiger partial charge on any atom is -0.491 e. The van der Waals surface area contributed by atoms with E-state index >= 15 is 0 Å². The fourth-order valence-corrected chi connectivity index (χ4v) is 3.60. The standard InChI is InChI=1S/C20H17FN4O2/c21-18-5-4-15(12-23-18)16-3-1-2-14(11-22)20(16)25-8-6-13(7-9-25)17-10-19(26)24-27-17/h1-5,10,12-13H,6-9H2,(H,24,26). The van der Waals surface area contributed by atoms with Crippen molar-refractivity contribution in [3.63, 3.8) is 0 Å². The van der Waals surface area contributed by atoms with E-state index in [9.17, 15) is 14.8 Å². The van der Waals surface area contributed by atoms with Gasteiger partial charge in [-0.25, -0.2) is 4.98 Å². The largest absolute Gasteiger partial charge is 0.491 e. The summed E-state index contributed by atoms with van der Waals surface area (Å²) in [5, 5.41) is 22.5. The van der Waals surface area contributed by atoms with Crippen molar-refractivity contribution in [1.29, 1.82) is 5.26 Å². The zero-order valence-electron chi connectivity index (χ0n) is 14.5. The topological polar surface area (TPSA) is 86.2 Å². The normalized spacial score (nSPS) is 14.9. The first-order valence-electron chi connectivity index (χ1n) is 8.71. The molecule has 0 amide bonds. The highest BCUT2D eigenvalue weighted by Crippen LogP contribution is 2.38. The number of halogens is 1. The third-order valence-corrected chi connectivity index (χ3v) is 4.92. The Bertz CT molecular complexity index is 986. The number of hydrogen-bond donors (Lipinski definition) is 1. The van der Waals surface area contributed by atoms with Crippen LogP contribution >= 0.6 is 0 Å². The van der Waals surface area contributed by atoms with Gasteiger partial charge in [0.2, 0.25) is 5.95 Å². The van der Waals surface area contributed by atoms with Gasteiger partial charge < -0.3 is 14.5 Å². The van der Waals surface area contributed by atoms with Crippen LogP contribution < -0.4 is 4.90 Å². The molecule has 0 saturated carbocycles. The molecule has 0 radical (unpaired) electrons. The van der Waals surface area contributed by atoms with Crippen LogP contribution in [0.15, 0.2) is 47.1 Å². The molecular weight excluding hydrogens is 347 g/mol. The number of pyridine rings is 1. The van der Waals surface area contributed by atoms with Gasteiger partial charge in [-0.1, -0.05) is 12.1 Å². The van der Waals surface area contributed by atoms with Gasteiger partial charge in [0.15, 0.2) is 0 Å². The van der Waals surface area contributed by atoms with Crippen molar-refractivity contribution < 1.29 is 14.0 Å². The summed E-state index contributed by atoms with van der Waals surface area (Å²) in [6, 6.07) is 12.3. The van der Waals surface area contributed by atoms with Gasteiger partial charge in [0.1, 0.15) is 11.8 Å². The van der Waals surface area contributed by atoms with Gasteiger partial charge >= 0.3 is 0 Å². The highest BCUT2D eigenvalue weighted by Gasteiger charge is 2.27. The number of aromatic hydroxyl groups is 1. The van der Waals surface area contributed by atoms with E-state index < -0.39 is 5.95 Å². The second kappa shape index (κ2) is 7.08. The van der Waals surface area contributed by atoms with Crippen LogP contribution in [0.4, 0.5) is 10.1 Å². The Morgan fingerprint density at radius 1 is 1.22 bits per heavy atom. The molecule has 2 aromatic heterocycles. The van der Waals surface area contributed by atoms with E-state index in [1.54, 1.807) is 18.2 Å². The van der Waals surface area contributed by atoms with Crippen molar-refractivity contribution in [1.82, 2.24) is 10.1 Å². The molecule has 1 N–H and O–H groups in total. The predicted molar refractivity (Wildman–Crippen MR) is 96.7 cm³/mol. The lowest BCUT2D eigenvalue weighted by molar-refractivity contribution is 0.315. The molecule has 0 spiro atoms. The van der Waals surface area contributed by atoms with Crippen LogP contribution in [0.2, 0.25) is 0 Å². The molecule has 0 unspecified atom stereocenters. The molecule has 6 nitrogen and oxygen atoms in total. The third-order valence-electron chi connectivity index (χ3n) is 4.92. The molecule has 7 heteroatoms. The summed E-state index contributed by atoms with van der Waals surface area (Å²) in [7, 11) is 0. The third kappa shape index (κ3) is 3.34. The lowest BCUT2D eigenvalue weighted by Gasteiger charge is -2.34. The maximum absolute atomic E-state index is 13.2. The van der Waals surface area contributed by atoms with Crippen molar-refractivity contribution in [3.05, 3.63) is 59.9 Å². The van der Waals surface area contributed by atoms with E-state index in [0.717, 1.165) is 42.7 Å². The maximum Gasteiger partial charge on any atom is 0.251 e. The highest BCUT2D eigenvalue weighted by molar-refractivity contribution is 5.82. The van der Waals surface area contributed by atoms with Crippen LogP contribution in [0.25, 0.3) is 11.1 Å². The second-order valence-corrected chi connectivity index (χ2v) is 6.53. The average Bonchev–Trinajstić information content (AvgIpc) is 3.14. The van der Waals surface area contributed by atoms with Gasteiger partial charge in [-0.3, -0.25) is 0 Å². The van der Waals surface area contributed by atoms with E-state index in [1.165, 1.54) is 12.3 Å². The van der Waals surface area contributed by atoms with Crippen molar-refractivity contribution in [2.45, 2.75) is 18.8 Å². The van der Waals surface area contributed by atoms with Crippen LogP contribution in [0.5, 0.6) is 5.88 Å². The summed E-state index contributed by atoms with van der Waals surface area (Å²) in [5.74, 6) is 0.227. The summed E-state index contributed by atoms with van der Waals surface area (Å²) >= 11 is 0. The smallest absolute Gasteiger partial charge is 0.251 e. The summed E-state index contributed by atoms with van der Waals surface area (Å²) in [4.78, 5) is 5.91. The molecule has 3 heterocycles. The molecule has 136 valence electrons.